The molecule has 0 saturated heterocycles. The van der Waals surface area contributed by atoms with Crippen molar-refractivity contribution in [3.05, 3.63) is 29.8 Å². The first-order chi connectivity index (χ1) is 7.28. The Morgan fingerprint density at radius 3 is 2.67 bits per heavy atom. The highest BCUT2D eigenvalue weighted by Gasteiger charge is 2.10. The molecule has 4 nitrogen and oxygen atoms in total. The van der Waals surface area contributed by atoms with Gasteiger partial charge in [-0.15, -0.1) is 0 Å². The molecule has 0 N–H and O–H groups in total. The summed E-state index contributed by atoms with van der Waals surface area (Å²) in [7, 11) is 1.63. The average Bonchev–Trinajstić information content (AvgIpc) is 2.65. The summed E-state index contributed by atoms with van der Waals surface area (Å²) in [5.74, 6) is 0.765. The van der Waals surface area contributed by atoms with Gasteiger partial charge in [0.15, 0.2) is 6.54 Å². The molecule has 2 rings (SSSR count). The number of hydrogen-bond acceptors (Lipinski definition) is 3. The molecule has 15 heavy (non-hydrogen) atoms. The fraction of sp³-hybridized carbons (Fsp3) is 0.273. The van der Waals surface area contributed by atoms with Gasteiger partial charge in [-0.2, -0.15) is 0 Å². The zero-order valence-electron chi connectivity index (χ0n) is 8.51. The minimum absolute atomic E-state index is 0.0558. The number of hydrogen-bond donors (Lipinski definition) is 0. The molecule has 4 heteroatoms. The summed E-state index contributed by atoms with van der Waals surface area (Å²) in [6.07, 6.45) is 2.36. The van der Waals surface area contributed by atoms with E-state index >= 15 is 0 Å². The molecular weight excluding hydrogens is 192 g/mol. The van der Waals surface area contributed by atoms with Crippen LogP contribution in [-0.2, 0) is 0 Å². The van der Waals surface area contributed by atoms with Crippen molar-refractivity contribution in [3.8, 4) is 5.75 Å². The maximum Gasteiger partial charge on any atom is 0.203 e. The van der Waals surface area contributed by atoms with Gasteiger partial charge in [0.1, 0.15) is 5.75 Å². The lowest BCUT2D eigenvalue weighted by molar-refractivity contribution is -0.519. The molecular formula is C11H12N2O2. The van der Waals surface area contributed by atoms with Crippen molar-refractivity contribution in [1.82, 2.24) is 0 Å². The van der Waals surface area contributed by atoms with E-state index in [0.29, 0.717) is 13.0 Å². The topological polar surface area (TPSA) is 47.7 Å². The molecule has 1 aromatic carbocycles. The molecule has 1 aliphatic heterocycles. The van der Waals surface area contributed by atoms with Crippen molar-refractivity contribution >= 4 is 12.1 Å². The van der Waals surface area contributed by atoms with Crippen molar-refractivity contribution in [2.24, 2.45) is 5.10 Å². The number of hydrazone groups is 1. The van der Waals surface area contributed by atoms with Crippen LogP contribution in [0.4, 0.5) is 0 Å². The third-order valence-electron chi connectivity index (χ3n) is 2.21. The Kier molecular flexibility index (Phi) is 2.67. The van der Waals surface area contributed by atoms with E-state index in [1.165, 1.54) is 0 Å². The predicted octanol–water partition coefficient (Wildman–Crippen LogP) is 0.204. The van der Waals surface area contributed by atoms with Crippen LogP contribution in [-0.4, -0.2) is 30.5 Å². The predicted molar refractivity (Wildman–Crippen MR) is 55.3 cm³/mol. The van der Waals surface area contributed by atoms with E-state index in [9.17, 15) is 5.11 Å². The Morgan fingerprint density at radius 1 is 1.40 bits per heavy atom. The number of rotatable bonds is 2. The molecule has 0 aromatic heterocycles. The highest BCUT2D eigenvalue weighted by atomic mass is 16.5. The summed E-state index contributed by atoms with van der Waals surface area (Å²) in [5, 5.41) is 14.7. The molecule has 0 amide bonds. The second kappa shape index (κ2) is 4.13. The van der Waals surface area contributed by atoms with Gasteiger partial charge in [0.2, 0.25) is 6.21 Å². The molecule has 1 aliphatic rings. The SMILES string of the molecule is COc1ccc(/C=[N+]2/CCC([O-])=N2)cc1. The number of nitrogens with zero attached hydrogens (tertiary/aromatic N) is 2. The van der Waals surface area contributed by atoms with Gasteiger partial charge in [-0.1, -0.05) is 4.68 Å². The van der Waals surface area contributed by atoms with Gasteiger partial charge in [0.25, 0.3) is 0 Å². The van der Waals surface area contributed by atoms with Crippen molar-refractivity contribution in [3.63, 3.8) is 0 Å². The summed E-state index contributed by atoms with van der Waals surface area (Å²) in [5.41, 5.74) is 1.01. The highest BCUT2D eigenvalue weighted by Crippen LogP contribution is 2.10. The average molecular weight is 204 g/mol. The maximum atomic E-state index is 10.9. The molecule has 0 aliphatic carbocycles. The second-order valence-corrected chi connectivity index (χ2v) is 3.31. The van der Waals surface area contributed by atoms with Crippen molar-refractivity contribution in [1.29, 1.82) is 0 Å². The largest absolute Gasteiger partial charge is 0.857 e. The molecule has 0 fully saturated rings. The summed E-state index contributed by atoms with van der Waals surface area (Å²) >= 11 is 0. The Labute approximate surface area is 88.1 Å². The molecule has 78 valence electrons. The highest BCUT2D eigenvalue weighted by molar-refractivity contribution is 5.77. The zero-order valence-corrected chi connectivity index (χ0v) is 8.51. The van der Waals surface area contributed by atoms with Crippen LogP contribution in [0.1, 0.15) is 12.0 Å². The van der Waals surface area contributed by atoms with E-state index in [4.69, 9.17) is 4.74 Å². The normalized spacial score (nSPS) is 17.9. The fourth-order valence-electron chi connectivity index (χ4n) is 1.41. The van der Waals surface area contributed by atoms with Crippen LogP contribution >= 0.6 is 0 Å². The molecule has 0 unspecified atom stereocenters. The van der Waals surface area contributed by atoms with Crippen LogP contribution in [0.2, 0.25) is 0 Å². The lowest BCUT2D eigenvalue weighted by atomic mass is 10.2. The number of ether oxygens (including phenoxy) is 1. The second-order valence-electron chi connectivity index (χ2n) is 3.31. The first-order valence-corrected chi connectivity index (χ1v) is 4.78. The quantitative estimate of drug-likeness (QED) is 0.646. The molecule has 0 radical (unpaired) electrons. The van der Waals surface area contributed by atoms with Crippen LogP contribution in [0.15, 0.2) is 29.4 Å². The minimum atomic E-state index is -0.0558. The fourth-order valence-corrected chi connectivity index (χ4v) is 1.41. The van der Waals surface area contributed by atoms with Gasteiger partial charge in [0, 0.05) is 17.9 Å². The summed E-state index contributed by atoms with van der Waals surface area (Å²) < 4.78 is 6.72. The van der Waals surface area contributed by atoms with Crippen molar-refractivity contribution in [2.45, 2.75) is 6.42 Å². The molecule has 0 spiro atoms. The first kappa shape index (κ1) is 9.71. The lowest BCUT2D eigenvalue weighted by Crippen LogP contribution is -2.13. The Bertz CT molecular complexity index is 407. The molecule has 1 aromatic rings. The molecule has 0 bridgehead atoms. The number of methoxy groups -OCH3 is 1. The van der Waals surface area contributed by atoms with E-state index in [1.807, 2.05) is 30.5 Å². The van der Waals surface area contributed by atoms with E-state index in [1.54, 1.807) is 11.8 Å². The lowest BCUT2D eigenvalue weighted by Gasteiger charge is -1.97. The molecule has 0 atom stereocenters. The summed E-state index contributed by atoms with van der Waals surface area (Å²) in [4.78, 5) is 0. The smallest absolute Gasteiger partial charge is 0.203 e. The van der Waals surface area contributed by atoms with Gasteiger partial charge in [-0.25, -0.2) is 0 Å². The Balaban J connectivity index is 2.17. The van der Waals surface area contributed by atoms with E-state index in [0.717, 1.165) is 11.3 Å². The summed E-state index contributed by atoms with van der Waals surface area (Å²) in [6, 6.07) is 7.61. The number of benzene rings is 1. The third kappa shape index (κ3) is 2.34. The standard InChI is InChI=1S/C11H12N2O2/c1-15-10-4-2-9(3-5-10)8-13-7-6-11(14)12-13/h2-5,8H,6-7H2,1H3/b13-8-. The van der Waals surface area contributed by atoms with Crippen LogP contribution in [0.3, 0.4) is 0 Å². The van der Waals surface area contributed by atoms with Gasteiger partial charge in [-0.05, 0) is 29.4 Å². The molecule has 0 saturated carbocycles. The zero-order chi connectivity index (χ0) is 10.7. The minimum Gasteiger partial charge on any atom is -0.857 e. The van der Waals surface area contributed by atoms with Gasteiger partial charge < -0.3 is 9.84 Å². The Hall–Kier alpha value is -1.84. The summed E-state index contributed by atoms with van der Waals surface area (Å²) in [6.45, 7) is 0.671. The van der Waals surface area contributed by atoms with Crippen molar-refractivity contribution in [2.75, 3.05) is 13.7 Å². The monoisotopic (exact) mass is 204 g/mol. The first-order valence-electron chi connectivity index (χ1n) is 4.78. The van der Waals surface area contributed by atoms with Gasteiger partial charge in [0.05, 0.1) is 7.11 Å². The Morgan fingerprint density at radius 2 is 2.13 bits per heavy atom. The van der Waals surface area contributed by atoms with Crippen LogP contribution in [0, 0.1) is 0 Å². The van der Waals surface area contributed by atoms with E-state index in [-0.39, 0.29) is 5.90 Å². The van der Waals surface area contributed by atoms with Crippen LogP contribution in [0.25, 0.3) is 0 Å². The molecule has 1 heterocycles. The third-order valence-corrected chi connectivity index (χ3v) is 2.21. The van der Waals surface area contributed by atoms with Gasteiger partial charge >= 0.3 is 0 Å². The van der Waals surface area contributed by atoms with Crippen molar-refractivity contribution < 1.29 is 14.5 Å². The van der Waals surface area contributed by atoms with E-state index in [2.05, 4.69) is 5.10 Å². The maximum absolute atomic E-state index is 10.9. The van der Waals surface area contributed by atoms with Crippen LogP contribution in [0.5, 0.6) is 5.75 Å². The van der Waals surface area contributed by atoms with Crippen LogP contribution < -0.4 is 9.84 Å². The van der Waals surface area contributed by atoms with E-state index < -0.39 is 0 Å². The van der Waals surface area contributed by atoms with Gasteiger partial charge in [-0.3, -0.25) is 0 Å².